The normalized spacial score (nSPS) is 13.2. The van der Waals surface area contributed by atoms with Crippen LogP contribution in [0, 0.1) is 0 Å². The summed E-state index contributed by atoms with van der Waals surface area (Å²) in [6.07, 6.45) is 0.725. The van der Waals surface area contributed by atoms with Gasteiger partial charge in [-0.15, -0.1) is 0 Å². The van der Waals surface area contributed by atoms with Crippen molar-refractivity contribution in [2.45, 2.75) is 12.5 Å². The average Bonchev–Trinajstić information content (AvgIpc) is 2.47. The van der Waals surface area contributed by atoms with Crippen molar-refractivity contribution < 1.29 is 4.74 Å². The fourth-order valence-electron chi connectivity index (χ4n) is 0.874. The van der Waals surface area contributed by atoms with Crippen LogP contribution in [0.15, 0.2) is 10.2 Å². The molecule has 1 rings (SSSR count). The number of H-pyrrole nitrogens is 1. The largest absolute Gasteiger partial charge is 0.385 e. The molecular weight excluding hydrogens is 176 g/mol. The highest BCUT2D eigenvalue weighted by Gasteiger charge is 2.06. The van der Waals surface area contributed by atoms with Crippen molar-refractivity contribution in [3.63, 3.8) is 0 Å². The molecule has 0 saturated heterocycles. The topological polar surface area (TPSA) is 68.1 Å². The van der Waals surface area contributed by atoms with Gasteiger partial charge in [-0.3, -0.25) is 4.79 Å². The first-order valence-corrected chi connectivity index (χ1v) is 4.54. The highest BCUT2D eigenvalue weighted by molar-refractivity contribution is 7.07. The van der Waals surface area contributed by atoms with Crippen molar-refractivity contribution in [3.8, 4) is 0 Å². The lowest BCUT2D eigenvalue weighted by Gasteiger charge is -2.07. The van der Waals surface area contributed by atoms with Gasteiger partial charge >= 0.3 is 4.87 Å². The monoisotopic (exact) mass is 188 g/mol. The lowest BCUT2D eigenvalue weighted by atomic mass is 10.2. The maximum Gasteiger partial charge on any atom is 0.304 e. The van der Waals surface area contributed by atoms with E-state index in [1.54, 1.807) is 12.5 Å². The Kier molecular flexibility index (Phi) is 3.46. The molecule has 4 nitrogen and oxygen atoms in total. The first kappa shape index (κ1) is 9.44. The van der Waals surface area contributed by atoms with Crippen LogP contribution < -0.4 is 10.6 Å². The highest BCUT2D eigenvalue weighted by Crippen LogP contribution is 2.10. The number of rotatable bonds is 4. The molecule has 0 aliphatic carbocycles. The van der Waals surface area contributed by atoms with Crippen LogP contribution in [0.2, 0.25) is 0 Å². The molecule has 0 bridgehead atoms. The molecule has 0 amide bonds. The van der Waals surface area contributed by atoms with Crippen LogP contribution in [-0.2, 0) is 4.74 Å². The van der Waals surface area contributed by atoms with Crippen LogP contribution >= 0.6 is 11.3 Å². The second kappa shape index (κ2) is 4.39. The fraction of sp³-hybridized carbons (Fsp3) is 0.571. The van der Waals surface area contributed by atoms with Crippen LogP contribution in [0.4, 0.5) is 0 Å². The summed E-state index contributed by atoms with van der Waals surface area (Å²) in [5, 5.41) is 1.75. The second-order valence-corrected chi connectivity index (χ2v) is 3.33. The van der Waals surface area contributed by atoms with E-state index >= 15 is 0 Å². The van der Waals surface area contributed by atoms with Gasteiger partial charge in [0, 0.05) is 30.8 Å². The Morgan fingerprint density at radius 3 is 3.08 bits per heavy atom. The number of aromatic nitrogens is 1. The summed E-state index contributed by atoms with van der Waals surface area (Å²) in [6.45, 7) is 0.610. The summed E-state index contributed by atoms with van der Waals surface area (Å²) in [6, 6.07) is -0.121. The summed E-state index contributed by atoms with van der Waals surface area (Å²) >= 11 is 1.13. The quantitative estimate of drug-likeness (QED) is 0.721. The Bertz CT molecular complexity index is 281. The summed E-state index contributed by atoms with van der Waals surface area (Å²) in [5.74, 6) is 0. The molecule has 0 aliphatic heterocycles. The van der Waals surface area contributed by atoms with Crippen molar-refractivity contribution in [1.82, 2.24) is 4.98 Å². The number of hydrogen-bond donors (Lipinski definition) is 2. The molecular formula is C7H12N2O2S. The van der Waals surface area contributed by atoms with Gasteiger partial charge in [0.25, 0.3) is 0 Å². The van der Waals surface area contributed by atoms with Crippen LogP contribution in [0.5, 0.6) is 0 Å². The fourth-order valence-corrected chi connectivity index (χ4v) is 1.52. The van der Waals surface area contributed by atoms with Crippen molar-refractivity contribution >= 4 is 11.3 Å². The van der Waals surface area contributed by atoms with Crippen LogP contribution in [0.3, 0.4) is 0 Å². The van der Waals surface area contributed by atoms with Crippen molar-refractivity contribution in [2.75, 3.05) is 13.7 Å². The van der Waals surface area contributed by atoms with E-state index < -0.39 is 0 Å². The molecule has 12 heavy (non-hydrogen) atoms. The minimum absolute atomic E-state index is 0.0575. The highest BCUT2D eigenvalue weighted by atomic mass is 32.1. The average molecular weight is 188 g/mol. The lowest BCUT2D eigenvalue weighted by Crippen LogP contribution is -2.14. The Balaban J connectivity index is 2.53. The van der Waals surface area contributed by atoms with Gasteiger partial charge < -0.3 is 15.5 Å². The molecule has 0 fully saturated rings. The van der Waals surface area contributed by atoms with Crippen LogP contribution in [-0.4, -0.2) is 18.7 Å². The number of ether oxygens (including phenoxy) is 1. The summed E-state index contributed by atoms with van der Waals surface area (Å²) in [7, 11) is 1.63. The van der Waals surface area contributed by atoms with Gasteiger partial charge in [-0.05, 0) is 6.42 Å². The molecule has 0 aliphatic rings. The van der Waals surface area contributed by atoms with Gasteiger partial charge in [0.05, 0.1) is 0 Å². The predicted octanol–water partition coefficient (Wildman–Crippen LogP) is 0.473. The standard InChI is InChI=1S/C7H12N2O2S/c1-11-3-2-5(8)6-4-12-7(10)9-6/h4-5H,2-3,8H2,1H3,(H,9,10). The molecule has 0 spiro atoms. The van der Waals surface area contributed by atoms with E-state index in [1.165, 1.54) is 0 Å². The van der Waals surface area contributed by atoms with Crippen LogP contribution in [0.25, 0.3) is 0 Å². The van der Waals surface area contributed by atoms with E-state index in [0.29, 0.717) is 6.61 Å². The van der Waals surface area contributed by atoms with Gasteiger partial charge in [0.2, 0.25) is 0 Å². The Morgan fingerprint density at radius 1 is 1.83 bits per heavy atom. The third kappa shape index (κ3) is 2.44. The minimum atomic E-state index is -0.121. The van der Waals surface area contributed by atoms with Crippen molar-refractivity contribution in [2.24, 2.45) is 5.73 Å². The van der Waals surface area contributed by atoms with E-state index in [2.05, 4.69) is 4.98 Å². The molecule has 68 valence electrons. The van der Waals surface area contributed by atoms with Gasteiger partial charge in [0.1, 0.15) is 0 Å². The van der Waals surface area contributed by atoms with Gasteiger partial charge in [-0.25, -0.2) is 0 Å². The molecule has 5 heteroatoms. The minimum Gasteiger partial charge on any atom is -0.385 e. The summed E-state index contributed by atoms with van der Waals surface area (Å²) in [5.41, 5.74) is 6.54. The van der Waals surface area contributed by atoms with E-state index in [4.69, 9.17) is 10.5 Å². The third-order valence-electron chi connectivity index (χ3n) is 1.57. The number of thiazole rings is 1. The van der Waals surface area contributed by atoms with Gasteiger partial charge in [-0.1, -0.05) is 11.3 Å². The maximum atomic E-state index is 10.7. The molecule has 0 saturated carbocycles. The molecule has 0 radical (unpaired) electrons. The molecule has 3 N–H and O–H groups in total. The van der Waals surface area contributed by atoms with Crippen molar-refractivity contribution in [3.05, 3.63) is 20.7 Å². The number of nitrogens with two attached hydrogens (primary N) is 1. The van der Waals surface area contributed by atoms with Crippen molar-refractivity contribution in [1.29, 1.82) is 0 Å². The summed E-state index contributed by atoms with van der Waals surface area (Å²) in [4.78, 5) is 13.4. The Hall–Kier alpha value is -0.650. The van der Waals surface area contributed by atoms with Gasteiger partial charge in [-0.2, -0.15) is 0 Å². The third-order valence-corrected chi connectivity index (χ3v) is 2.26. The van der Waals surface area contributed by atoms with E-state index in [1.807, 2.05) is 0 Å². The number of hydrogen-bond acceptors (Lipinski definition) is 4. The first-order chi connectivity index (χ1) is 5.74. The van der Waals surface area contributed by atoms with E-state index in [9.17, 15) is 4.79 Å². The lowest BCUT2D eigenvalue weighted by molar-refractivity contribution is 0.187. The molecule has 1 aromatic heterocycles. The number of nitrogens with one attached hydrogen (secondary N) is 1. The molecule has 1 heterocycles. The second-order valence-electron chi connectivity index (χ2n) is 2.49. The molecule has 1 atom stereocenters. The maximum absolute atomic E-state index is 10.7. The first-order valence-electron chi connectivity index (χ1n) is 3.66. The Labute approximate surface area is 74.4 Å². The molecule has 1 aromatic rings. The number of methoxy groups -OCH3 is 1. The molecule has 1 unspecified atom stereocenters. The zero-order chi connectivity index (χ0) is 8.97. The SMILES string of the molecule is COCCC(N)c1csc(=O)[nH]1. The number of aromatic amines is 1. The van der Waals surface area contributed by atoms with Gasteiger partial charge in [0.15, 0.2) is 0 Å². The zero-order valence-electron chi connectivity index (χ0n) is 6.87. The summed E-state index contributed by atoms with van der Waals surface area (Å²) < 4.78 is 4.87. The van der Waals surface area contributed by atoms with Crippen LogP contribution in [0.1, 0.15) is 18.2 Å². The zero-order valence-corrected chi connectivity index (χ0v) is 7.69. The Morgan fingerprint density at radius 2 is 2.58 bits per heavy atom. The van der Waals surface area contributed by atoms with E-state index in [-0.39, 0.29) is 10.9 Å². The van der Waals surface area contributed by atoms with E-state index in [0.717, 1.165) is 23.5 Å². The predicted molar refractivity (Wildman–Crippen MR) is 48.4 cm³/mol. The smallest absolute Gasteiger partial charge is 0.304 e. The molecule has 0 aromatic carbocycles.